The Hall–Kier alpha value is -2.96. The van der Waals surface area contributed by atoms with Crippen molar-refractivity contribution >= 4 is 28.2 Å². The van der Waals surface area contributed by atoms with Crippen molar-refractivity contribution in [2.75, 3.05) is 19.0 Å². The second kappa shape index (κ2) is 8.88. The van der Waals surface area contributed by atoms with Crippen molar-refractivity contribution in [2.45, 2.75) is 38.8 Å². The number of hydrogen-bond acceptors (Lipinski definition) is 5. The second-order valence-corrected chi connectivity index (χ2v) is 9.54. The first-order valence-electron chi connectivity index (χ1n) is 11.0. The number of thiophene rings is 1. The molecule has 0 saturated heterocycles. The Morgan fingerprint density at radius 2 is 1.81 bits per heavy atom. The van der Waals surface area contributed by atoms with Crippen LogP contribution in [0.4, 0.5) is 5.00 Å². The largest absolute Gasteiger partial charge is 0.465 e. The van der Waals surface area contributed by atoms with Gasteiger partial charge >= 0.3 is 5.97 Å². The second-order valence-electron chi connectivity index (χ2n) is 8.43. The Kier molecular flexibility index (Phi) is 5.81. The minimum Gasteiger partial charge on any atom is -0.465 e. The number of methoxy groups -OCH3 is 1. The van der Waals surface area contributed by atoms with Crippen molar-refractivity contribution < 1.29 is 14.3 Å². The number of carbonyl (C=O) groups excluding carboxylic acids is 2. The van der Waals surface area contributed by atoms with E-state index >= 15 is 0 Å². The van der Waals surface area contributed by atoms with Crippen molar-refractivity contribution in [3.63, 3.8) is 0 Å². The maximum atomic E-state index is 12.9. The van der Waals surface area contributed by atoms with Gasteiger partial charge in [-0.2, -0.15) is 0 Å². The Balaban J connectivity index is 1.26. The van der Waals surface area contributed by atoms with Crippen LogP contribution in [0.2, 0.25) is 0 Å². The molecule has 2 heterocycles. The zero-order chi connectivity index (χ0) is 22.1. The first-order valence-corrected chi connectivity index (χ1v) is 11.9. The summed E-state index contributed by atoms with van der Waals surface area (Å²) in [5.41, 5.74) is 6.19. The van der Waals surface area contributed by atoms with Gasteiger partial charge in [-0.3, -0.25) is 9.69 Å². The summed E-state index contributed by atoms with van der Waals surface area (Å²) in [6.07, 6.45) is 3.94. The van der Waals surface area contributed by atoms with E-state index < -0.39 is 0 Å². The fourth-order valence-electron chi connectivity index (χ4n) is 4.69. The van der Waals surface area contributed by atoms with Gasteiger partial charge in [-0.25, -0.2) is 4.79 Å². The number of benzene rings is 2. The molecule has 0 atom stereocenters. The van der Waals surface area contributed by atoms with E-state index in [0.29, 0.717) is 16.1 Å². The van der Waals surface area contributed by atoms with Crippen LogP contribution in [0.5, 0.6) is 0 Å². The molecule has 1 N–H and O–H groups in total. The lowest BCUT2D eigenvalue weighted by Gasteiger charge is -2.28. The van der Waals surface area contributed by atoms with E-state index in [2.05, 4.69) is 34.5 Å². The predicted octanol–water partition coefficient (Wildman–Crippen LogP) is 4.83. The van der Waals surface area contributed by atoms with E-state index in [1.165, 1.54) is 40.0 Å². The summed E-state index contributed by atoms with van der Waals surface area (Å²) in [6.45, 7) is 2.86. The van der Waals surface area contributed by atoms with Gasteiger partial charge in [0.05, 0.1) is 12.7 Å². The molecule has 1 aliphatic heterocycles. The van der Waals surface area contributed by atoms with Gasteiger partial charge < -0.3 is 10.1 Å². The molecule has 5 nitrogen and oxygen atoms in total. The van der Waals surface area contributed by atoms with Crippen LogP contribution in [0.3, 0.4) is 0 Å². The summed E-state index contributed by atoms with van der Waals surface area (Å²) >= 11 is 1.50. The van der Waals surface area contributed by atoms with Crippen LogP contribution in [-0.2, 0) is 37.1 Å². The molecule has 164 valence electrons. The third-order valence-corrected chi connectivity index (χ3v) is 7.58. The van der Waals surface area contributed by atoms with Gasteiger partial charge in [0.15, 0.2) is 0 Å². The molecule has 0 unspecified atom stereocenters. The zero-order valence-electron chi connectivity index (χ0n) is 18.1. The molecule has 2 aliphatic rings. The molecule has 0 fully saturated rings. The minimum absolute atomic E-state index is 0.200. The van der Waals surface area contributed by atoms with Crippen LogP contribution in [-0.4, -0.2) is 30.4 Å². The van der Waals surface area contributed by atoms with Crippen molar-refractivity contribution in [1.29, 1.82) is 0 Å². The molecule has 1 aliphatic carbocycles. The SMILES string of the molecule is COC(=O)c1c(NC(=O)c2ccc(CN3CCc4ccccc4C3)cc2)sc2c1CCC2. The molecule has 3 aromatic rings. The number of rotatable bonds is 5. The van der Waals surface area contributed by atoms with Crippen molar-refractivity contribution in [1.82, 2.24) is 4.90 Å². The lowest BCUT2D eigenvalue weighted by Crippen LogP contribution is -2.29. The van der Waals surface area contributed by atoms with Crippen LogP contribution in [0.25, 0.3) is 0 Å². The molecule has 1 amide bonds. The van der Waals surface area contributed by atoms with E-state index in [4.69, 9.17) is 4.74 Å². The van der Waals surface area contributed by atoms with Gasteiger partial charge in [-0.05, 0) is 60.1 Å². The monoisotopic (exact) mass is 446 g/mol. The number of hydrogen-bond donors (Lipinski definition) is 1. The van der Waals surface area contributed by atoms with E-state index in [1.54, 1.807) is 0 Å². The number of aryl methyl sites for hydroxylation is 1. The highest BCUT2D eigenvalue weighted by Gasteiger charge is 2.28. The molecule has 32 heavy (non-hydrogen) atoms. The molecular formula is C26H26N2O3S. The quantitative estimate of drug-likeness (QED) is 0.570. The molecule has 1 aromatic heterocycles. The summed E-state index contributed by atoms with van der Waals surface area (Å²) in [7, 11) is 1.38. The van der Waals surface area contributed by atoms with Crippen LogP contribution in [0, 0.1) is 0 Å². The molecule has 0 radical (unpaired) electrons. The molecule has 6 heteroatoms. The van der Waals surface area contributed by atoms with Crippen LogP contribution >= 0.6 is 11.3 Å². The average molecular weight is 447 g/mol. The topological polar surface area (TPSA) is 58.6 Å². The Bertz CT molecular complexity index is 1170. The molecular weight excluding hydrogens is 420 g/mol. The fourth-order valence-corrected chi connectivity index (χ4v) is 5.97. The molecule has 0 bridgehead atoms. The maximum Gasteiger partial charge on any atom is 0.341 e. The van der Waals surface area contributed by atoms with E-state index in [-0.39, 0.29) is 11.9 Å². The zero-order valence-corrected chi connectivity index (χ0v) is 19.0. The summed E-state index contributed by atoms with van der Waals surface area (Å²) in [4.78, 5) is 28.8. The van der Waals surface area contributed by atoms with Gasteiger partial charge in [-0.1, -0.05) is 36.4 Å². The number of amides is 1. The number of esters is 1. The van der Waals surface area contributed by atoms with E-state index in [9.17, 15) is 9.59 Å². The smallest absolute Gasteiger partial charge is 0.341 e. The first-order chi connectivity index (χ1) is 15.6. The number of ether oxygens (including phenoxy) is 1. The van der Waals surface area contributed by atoms with Crippen molar-refractivity contribution in [2.24, 2.45) is 0 Å². The molecule has 5 rings (SSSR count). The highest BCUT2D eigenvalue weighted by Crippen LogP contribution is 2.39. The lowest BCUT2D eigenvalue weighted by atomic mass is 9.99. The van der Waals surface area contributed by atoms with Gasteiger partial charge in [0.25, 0.3) is 5.91 Å². The predicted molar refractivity (Wildman–Crippen MR) is 126 cm³/mol. The Morgan fingerprint density at radius 1 is 1.03 bits per heavy atom. The highest BCUT2D eigenvalue weighted by molar-refractivity contribution is 7.17. The third-order valence-electron chi connectivity index (χ3n) is 6.37. The van der Waals surface area contributed by atoms with Gasteiger partial charge in [-0.15, -0.1) is 11.3 Å². The molecule has 0 spiro atoms. The fraction of sp³-hybridized carbons (Fsp3) is 0.308. The molecule has 0 saturated carbocycles. The standard InChI is InChI=1S/C26H26N2O3S/c1-31-26(30)23-21-7-4-8-22(21)32-25(23)27-24(29)19-11-9-17(10-12-19)15-28-14-13-18-5-2-3-6-20(18)16-28/h2-3,5-6,9-12H,4,7-8,13-16H2,1H3,(H,27,29). The van der Waals surface area contributed by atoms with Crippen LogP contribution in [0.1, 0.15) is 54.3 Å². The average Bonchev–Trinajstić information content (AvgIpc) is 3.40. The lowest BCUT2D eigenvalue weighted by molar-refractivity contribution is 0.0601. The Labute approximate surface area is 192 Å². The van der Waals surface area contributed by atoms with Crippen LogP contribution in [0.15, 0.2) is 48.5 Å². The summed E-state index contributed by atoms with van der Waals surface area (Å²) < 4.78 is 4.97. The van der Waals surface area contributed by atoms with Gasteiger partial charge in [0, 0.05) is 30.1 Å². The van der Waals surface area contributed by atoms with E-state index in [0.717, 1.165) is 50.9 Å². The van der Waals surface area contributed by atoms with Crippen molar-refractivity contribution in [3.05, 3.63) is 86.8 Å². The Morgan fingerprint density at radius 3 is 2.59 bits per heavy atom. The first kappa shape index (κ1) is 20.9. The number of nitrogens with zero attached hydrogens (tertiary/aromatic N) is 1. The minimum atomic E-state index is -0.377. The number of carbonyl (C=O) groups is 2. The van der Waals surface area contributed by atoms with Crippen molar-refractivity contribution in [3.8, 4) is 0 Å². The summed E-state index contributed by atoms with van der Waals surface area (Å²) in [5, 5.41) is 3.55. The summed E-state index contributed by atoms with van der Waals surface area (Å²) in [5.74, 6) is -0.577. The number of anilines is 1. The van der Waals surface area contributed by atoms with Gasteiger partial charge in [0.2, 0.25) is 0 Å². The summed E-state index contributed by atoms with van der Waals surface area (Å²) in [6, 6.07) is 16.4. The third kappa shape index (κ3) is 4.08. The molecule has 2 aromatic carbocycles. The normalized spacial score (nSPS) is 15.2. The number of nitrogens with one attached hydrogen (secondary N) is 1. The number of fused-ring (bicyclic) bond motifs is 2. The highest BCUT2D eigenvalue weighted by atomic mass is 32.1. The van der Waals surface area contributed by atoms with Gasteiger partial charge in [0.1, 0.15) is 5.00 Å². The van der Waals surface area contributed by atoms with Crippen LogP contribution < -0.4 is 5.32 Å². The maximum absolute atomic E-state index is 12.9. The van der Waals surface area contributed by atoms with E-state index in [1.807, 2.05) is 24.3 Å².